The van der Waals surface area contributed by atoms with E-state index in [0.717, 1.165) is 5.56 Å². The van der Waals surface area contributed by atoms with Crippen molar-refractivity contribution in [3.8, 4) is 17.0 Å². The predicted molar refractivity (Wildman–Crippen MR) is 111 cm³/mol. The van der Waals surface area contributed by atoms with E-state index in [1.807, 2.05) is 5.38 Å². The van der Waals surface area contributed by atoms with Gasteiger partial charge in [0.05, 0.1) is 28.7 Å². The van der Waals surface area contributed by atoms with E-state index in [1.54, 1.807) is 19.1 Å². The summed E-state index contributed by atoms with van der Waals surface area (Å²) in [5, 5.41) is 15.0. The Bertz CT molecular complexity index is 1040. The Balaban J connectivity index is 1.69. The minimum atomic E-state index is -0.542. The molecule has 1 aromatic heterocycles. The van der Waals surface area contributed by atoms with Crippen molar-refractivity contribution < 1.29 is 18.8 Å². The van der Waals surface area contributed by atoms with Crippen LogP contribution in [0.15, 0.2) is 52.2 Å². The van der Waals surface area contributed by atoms with Crippen LogP contribution in [0.2, 0.25) is 0 Å². The summed E-state index contributed by atoms with van der Waals surface area (Å²) < 4.78 is 18.9. The fourth-order valence-electron chi connectivity index (χ4n) is 2.41. The minimum Gasteiger partial charge on any atom is -0.495 e. The lowest BCUT2D eigenvalue weighted by Crippen LogP contribution is -2.22. The standard InChI is InChI=1S/C19H16FN3O4S2/c1-11(18(24)21-15-9-14(23(25)26)7-8-17(15)27-2)29-19-22-16(10-28-19)12-3-5-13(20)6-4-12/h3-11H,1-2H3,(H,21,24). The van der Waals surface area contributed by atoms with Gasteiger partial charge in [0.25, 0.3) is 5.69 Å². The molecule has 0 bridgehead atoms. The number of ether oxygens (including phenoxy) is 1. The van der Waals surface area contributed by atoms with E-state index < -0.39 is 10.2 Å². The highest BCUT2D eigenvalue weighted by atomic mass is 32.2. The van der Waals surface area contributed by atoms with Crippen molar-refractivity contribution in [1.29, 1.82) is 0 Å². The first-order valence-electron chi connectivity index (χ1n) is 8.39. The molecule has 29 heavy (non-hydrogen) atoms. The highest BCUT2D eigenvalue weighted by Gasteiger charge is 2.20. The average Bonchev–Trinajstić information content (AvgIpc) is 3.16. The molecule has 3 aromatic rings. The third kappa shape index (κ3) is 5.09. The molecule has 0 aliphatic rings. The summed E-state index contributed by atoms with van der Waals surface area (Å²) >= 11 is 2.64. The van der Waals surface area contributed by atoms with Crippen LogP contribution in [0.4, 0.5) is 15.8 Å². The molecule has 1 N–H and O–H groups in total. The number of carbonyl (C=O) groups excluding carboxylic acids is 1. The van der Waals surface area contributed by atoms with Gasteiger partial charge in [-0.1, -0.05) is 11.8 Å². The number of nitrogens with zero attached hydrogens (tertiary/aromatic N) is 2. The third-order valence-electron chi connectivity index (χ3n) is 3.92. The molecule has 0 spiro atoms. The van der Waals surface area contributed by atoms with Crippen LogP contribution >= 0.6 is 23.1 Å². The number of nitro benzene ring substituents is 1. The zero-order valence-corrected chi connectivity index (χ0v) is 17.1. The van der Waals surface area contributed by atoms with E-state index in [9.17, 15) is 19.3 Å². The maximum absolute atomic E-state index is 13.1. The second-order valence-electron chi connectivity index (χ2n) is 5.90. The minimum absolute atomic E-state index is 0.148. The van der Waals surface area contributed by atoms with E-state index >= 15 is 0 Å². The largest absolute Gasteiger partial charge is 0.495 e. The molecule has 0 radical (unpaired) electrons. The molecular weight excluding hydrogens is 417 g/mol. The Morgan fingerprint density at radius 3 is 2.69 bits per heavy atom. The molecule has 0 aliphatic carbocycles. The van der Waals surface area contributed by atoms with Crippen LogP contribution in [0.5, 0.6) is 5.75 Å². The maximum atomic E-state index is 13.1. The maximum Gasteiger partial charge on any atom is 0.271 e. The van der Waals surface area contributed by atoms with Crippen molar-refractivity contribution in [2.45, 2.75) is 16.5 Å². The summed E-state index contributed by atoms with van der Waals surface area (Å²) in [5.74, 6) is -0.332. The second-order valence-corrected chi connectivity index (χ2v) is 8.34. The summed E-state index contributed by atoms with van der Waals surface area (Å²) in [6.45, 7) is 1.71. The molecule has 0 saturated heterocycles. The first-order chi connectivity index (χ1) is 13.9. The number of anilines is 1. The number of hydrogen-bond acceptors (Lipinski definition) is 7. The Morgan fingerprint density at radius 1 is 1.31 bits per heavy atom. The monoisotopic (exact) mass is 433 g/mol. The van der Waals surface area contributed by atoms with Gasteiger partial charge in [-0.05, 0) is 37.3 Å². The molecule has 10 heteroatoms. The first kappa shape index (κ1) is 20.7. The zero-order chi connectivity index (χ0) is 21.0. The van der Waals surface area contributed by atoms with Gasteiger partial charge in [0.2, 0.25) is 5.91 Å². The molecular formula is C19H16FN3O4S2. The second kappa shape index (κ2) is 9.01. The number of nitro groups is 1. The van der Waals surface area contributed by atoms with Gasteiger partial charge in [0, 0.05) is 23.1 Å². The van der Waals surface area contributed by atoms with Crippen molar-refractivity contribution in [2.24, 2.45) is 0 Å². The molecule has 150 valence electrons. The Morgan fingerprint density at radius 2 is 2.03 bits per heavy atom. The SMILES string of the molecule is COc1ccc([N+](=O)[O-])cc1NC(=O)C(C)Sc1nc(-c2ccc(F)cc2)cs1. The quantitative estimate of drug-likeness (QED) is 0.321. The number of rotatable bonds is 7. The van der Waals surface area contributed by atoms with Crippen molar-refractivity contribution in [3.63, 3.8) is 0 Å². The number of amides is 1. The Labute approximate surface area is 174 Å². The number of methoxy groups -OCH3 is 1. The van der Waals surface area contributed by atoms with Crippen LogP contribution in [0.1, 0.15) is 6.92 Å². The van der Waals surface area contributed by atoms with E-state index in [4.69, 9.17) is 4.74 Å². The number of thiazole rings is 1. The van der Waals surface area contributed by atoms with E-state index in [2.05, 4.69) is 10.3 Å². The van der Waals surface area contributed by atoms with Gasteiger partial charge in [0.1, 0.15) is 11.6 Å². The fraction of sp³-hybridized carbons (Fsp3) is 0.158. The number of benzene rings is 2. The Hall–Kier alpha value is -2.98. The van der Waals surface area contributed by atoms with Crippen molar-refractivity contribution in [2.75, 3.05) is 12.4 Å². The third-order valence-corrected chi connectivity index (χ3v) is 5.99. The molecule has 1 unspecified atom stereocenters. The lowest BCUT2D eigenvalue weighted by Gasteiger charge is -2.13. The molecule has 1 amide bonds. The smallest absolute Gasteiger partial charge is 0.271 e. The topological polar surface area (TPSA) is 94.4 Å². The van der Waals surface area contributed by atoms with Crippen LogP contribution in [0.3, 0.4) is 0 Å². The van der Waals surface area contributed by atoms with E-state index in [-0.39, 0.29) is 23.1 Å². The van der Waals surface area contributed by atoms with Crippen LogP contribution in [-0.4, -0.2) is 28.2 Å². The van der Waals surface area contributed by atoms with Crippen molar-refractivity contribution >= 4 is 40.4 Å². The molecule has 0 saturated carbocycles. The number of non-ortho nitro benzene ring substituents is 1. The van der Waals surface area contributed by atoms with Crippen molar-refractivity contribution in [3.05, 3.63) is 63.8 Å². The molecule has 0 fully saturated rings. The van der Waals surface area contributed by atoms with E-state index in [1.165, 1.54) is 60.5 Å². The molecule has 1 heterocycles. The zero-order valence-electron chi connectivity index (χ0n) is 15.4. The average molecular weight is 433 g/mol. The van der Waals surface area contributed by atoms with Gasteiger partial charge >= 0.3 is 0 Å². The number of halogens is 1. The summed E-state index contributed by atoms with van der Waals surface area (Å²) in [7, 11) is 1.42. The first-order valence-corrected chi connectivity index (χ1v) is 10.1. The summed E-state index contributed by atoms with van der Waals surface area (Å²) in [4.78, 5) is 27.5. The molecule has 0 aliphatic heterocycles. The van der Waals surface area contributed by atoms with Gasteiger partial charge < -0.3 is 10.1 Å². The highest BCUT2D eigenvalue weighted by molar-refractivity contribution is 8.02. The van der Waals surface area contributed by atoms with E-state index in [0.29, 0.717) is 15.8 Å². The summed E-state index contributed by atoms with van der Waals surface area (Å²) in [5.41, 5.74) is 1.56. The van der Waals surface area contributed by atoms with Crippen LogP contribution < -0.4 is 10.1 Å². The lowest BCUT2D eigenvalue weighted by molar-refractivity contribution is -0.384. The Kier molecular flexibility index (Phi) is 6.45. The van der Waals surface area contributed by atoms with Crippen LogP contribution in [0.25, 0.3) is 11.3 Å². The predicted octanol–water partition coefficient (Wildman–Crippen LogP) is 4.99. The number of carbonyl (C=O) groups is 1. The number of thioether (sulfide) groups is 1. The number of hydrogen-bond donors (Lipinski definition) is 1. The molecule has 2 aromatic carbocycles. The van der Waals surface area contributed by atoms with Gasteiger partial charge in [-0.15, -0.1) is 11.3 Å². The van der Waals surface area contributed by atoms with Gasteiger partial charge in [-0.25, -0.2) is 9.37 Å². The van der Waals surface area contributed by atoms with Crippen LogP contribution in [0, 0.1) is 15.9 Å². The highest BCUT2D eigenvalue weighted by Crippen LogP contribution is 2.33. The number of aromatic nitrogens is 1. The summed E-state index contributed by atoms with van der Waals surface area (Å²) in [6.07, 6.45) is 0. The summed E-state index contributed by atoms with van der Waals surface area (Å²) in [6, 6.07) is 10.0. The fourth-order valence-corrected chi connectivity index (χ4v) is 4.38. The number of nitrogens with one attached hydrogen (secondary N) is 1. The van der Waals surface area contributed by atoms with Gasteiger partial charge in [-0.2, -0.15) is 0 Å². The normalized spacial score (nSPS) is 11.7. The molecule has 7 nitrogen and oxygen atoms in total. The molecule has 1 atom stereocenters. The lowest BCUT2D eigenvalue weighted by atomic mass is 10.2. The van der Waals surface area contributed by atoms with Crippen LogP contribution in [-0.2, 0) is 4.79 Å². The van der Waals surface area contributed by atoms with Gasteiger partial charge in [-0.3, -0.25) is 14.9 Å². The van der Waals surface area contributed by atoms with Gasteiger partial charge in [0.15, 0.2) is 4.34 Å². The molecule has 3 rings (SSSR count). The van der Waals surface area contributed by atoms with Crippen molar-refractivity contribution in [1.82, 2.24) is 4.98 Å².